The zero-order valence-electron chi connectivity index (χ0n) is 10.2. The van der Waals surface area contributed by atoms with Crippen LogP contribution < -0.4 is 0 Å². The second-order valence-corrected chi connectivity index (χ2v) is 5.60. The van der Waals surface area contributed by atoms with Crippen molar-refractivity contribution >= 4 is 21.7 Å². The number of nitrogens with zero attached hydrogens (tertiary/aromatic N) is 1. The molecule has 1 aliphatic rings. The van der Waals surface area contributed by atoms with Gasteiger partial charge >= 0.3 is 0 Å². The molecule has 19 heavy (non-hydrogen) atoms. The molecule has 0 heterocycles. The van der Waals surface area contributed by atoms with E-state index in [1.807, 2.05) is 6.92 Å². The predicted octanol–water partition coefficient (Wildman–Crippen LogP) is 2.01. The minimum atomic E-state index is -3.82. The molecule has 1 aliphatic carbocycles. The third-order valence-corrected chi connectivity index (χ3v) is 3.86. The van der Waals surface area contributed by atoms with Gasteiger partial charge in [0.2, 0.25) is 0 Å². The summed E-state index contributed by atoms with van der Waals surface area (Å²) in [6, 6.07) is 6.36. The maximum atomic E-state index is 12.1. The lowest BCUT2D eigenvalue weighted by molar-refractivity contribution is 0.568. The van der Waals surface area contributed by atoms with Gasteiger partial charge in [-0.05, 0) is 31.2 Å². The first-order valence-electron chi connectivity index (χ1n) is 5.55. The Hall–Kier alpha value is -2.23. The predicted molar refractivity (Wildman–Crippen MR) is 73.3 cm³/mol. The molecule has 1 aromatic carbocycles. The molecular weight excluding hydrogens is 262 g/mol. The molecule has 0 fully saturated rings. The van der Waals surface area contributed by atoms with E-state index in [4.69, 9.17) is 0 Å². The number of aryl methyl sites for hydroxylation is 1. The van der Waals surface area contributed by atoms with Crippen molar-refractivity contribution in [2.24, 2.45) is 4.40 Å². The SMILES string of the molecule is Cc1ccc(S(=O)(=O)/N=C2\C=CC=CC2=C=O)cc1. The average molecular weight is 273 g/mol. The first kappa shape index (κ1) is 13.2. The van der Waals surface area contributed by atoms with Crippen molar-refractivity contribution in [3.05, 3.63) is 59.7 Å². The summed E-state index contributed by atoms with van der Waals surface area (Å²) in [5.41, 5.74) is 1.18. The fourth-order valence-corrected chi connectivity index (χ4v) is 2.54. The van der Waals surface area contributed by atoms with Gasteiger partial charge in [0.1, 0.15) is 5.94 Å². The average Bonchev–Trinajstić information content (AvgIpc) is 2.39. The first-order chi connectivity index (χ1) is 9.03. The smallest absolute Gasteiger partial charge is 0.233 e. The maximum absolute atomic E-state index is 12.1. The van der Waals surface area contributed by atoms with Crippen LogP contribution in [0.3, 0.4) is 0 Å². The van der Waals surface area contributed by atoms with E-state index in [2.05, 4.69) is 4.40 Å². The Morgan fingerprint density at radius 2 is 1.68 bits per heavy atom. The molecule has 96 valence electrons. The molecule has 0 amide bonds. The molecule has 0 aromatic heterocycles. The number of benzene rings is 1. The van der Waals surface area contributed by atoms with E-state index in [0.29, 0.717) is 0 Å². The Morgan fingerprint density at radius 3 is 2.32 bits per heavy atom. The molecule has 5 heteroatoms. The summed E-state index contributed by atoms with van der Waals surface area (Å²) < 4.78 is 27.8. The van der Waals surface area contributed by atoms with E-state index in [-0.39, 0.29) is 16.2 Å². The summed E-state index contributed by atoms with van der Waals surface area (Å²) in [5, 5.41) is 0. The molecule has 0 N–H and O–H groups in total. The molecule has 0 saturated heterocycles. The normalized spacial score (nSPS) is 16.7. The van der Waals surface area contributed by atoms with Crippen molar-refractivity contribution in [3.63, 3.8) is 0 Å². The van der Waals surface area contributed by atoms with Crippen LogP contribution in [0.4, 0.5) is 0 Å². The highest BCUT2D eigenvalue weighted by atomic mass is 32.2. The molecule has 2 rings (SSSR count). The lowest BCUT2D eigenvalue weighted by Crippen LogP contribution is -2.06. The van der Waals surface area contributed by atoms with E-state index >= 15 is 0 Å². The molecule has 0 unspecified atom stereocenters. The Kier molecular flexibility index (Phi) is 3.60. The van der Waals surface area contributed by atoms with Gasteiger partial charge in [0.25, 0.3) is 10.0 Å². The molecule has 4 nitrogen and oxygen atoms in total. The summed E-state index contributed by atoms with van der Waals surface area (Å²) in [7, 11) is -3.82. The topological polar surface area (TPSA) is 63.6 Å². The Morgan fingerprint density at radius 1 is 1.05 bits per heavy atom. The van der Waals surface area contributed by atoms with Crippen molar-refractivity contribution in [1.29, 1.82) is 0 Å². The fourth-order valence-electron chi connectivity index (χ4n) is 1.53. The van der Waals surface area contributed by atoms with Crippen molar-refractivity contribution in [2.45, 2.75) is 11.8 Å². The standard InChI is InChI=1S/C14H11NO3S/c1-11-6-8-13(9-7-11)19(17,18)15-14-5-3-2-4-12(14)10-16/h2-9H,1H3/b15-14+. The number of hydrogen-bond acceptors (Lipinski definition) is 3. The van der Waals surface area contributed by atoms with Gasteiger partial charge in [-0.3, -0.25) is 0 Å². The van der Waals surface area contributed by atoms with Crippen molar-refractivity contribution in [3.8, 4) is 0 Å². The zero-order chi connectivity index (χ0) is 13.9. The minimum Gasteiger partial charge on any atom is -0.233 e. The number of hydrogen-bond donors (Lipinski definition) is 0. The Bertz CT molecular complexity index is 731. The van der Waals surface area contributed by atoms with Crippen LogP contribution in [-0.2, 0) is 14.8 Å². The third-order valence-electron chi connectivity index (χ3n) is 2.55. The van der Waals surface area contributed by atoms with Crippen molar-refractivity contribution in [1.82, 2.24) is 0 Å². The van der Waals surface area contributed by atoms with Gasteiger partial charge in [-0.1, -0.05) is 29.8 Å². The van der Waals surface area contributed by atoms with Gasteiger partial charge < -0.3 is 0 Å². The van der Waals surface area contributed by atoms with E-state index in [1.165, 1.54) is 24.3 Å². The van der Waals surface area contributed by atoms with E-state index in [1.54, 1.807) is 30.2 Å². The fraction of sp³-hybridized carbons (Fsp3) is 0.0714. The molecule has 1 aromatic rings. The van der Waals surface area contributed by atoms with Gasteiger partial charge in [-0.25, -0.2) is 4.79 Å². The second kappa shape index (κ2) is 5.18. The van der Waals surface area contributed by atoms with Gasteiger partial charge in [0.05, 0.1) is 16.2 Å². The number of carbonyl (C=O) groups excluding carboxylic acids is 1. The highest BCUT2D eigenvalue weighted by molar-refractivity contribution is 7.90. The quantitative estimate of drug-likeness (QED) is 0.774. The summed E-state index contributed by atoms with van der Waals surface area (Å²) in [6.45, 7) is 1.87. The number of sulfonamides is 1. The van der Waals surface area contributed by atoms with Crippen LogP contribution >= 0.6 is 0 Å². The van der Waals surface area contributed by atoms with Crippen LogP contribution in [0, 0.1) is 6.92 Å². The summed E-state index contributed by atoms with van der Waals surface area (Å²) in [5.74, 6) is 1.67. The molecule has 0 saturated carbocycles. The summed E-state index contributed by atoms with van der Waals surface area (Å²) >= 11 is 0. The highest BCUT2D eigenvalue weighted by Gasteiger charge is 2.15. The van der Waals surface area contributed by atoms with Crippen LogP contribution in [0.1, 0.15) is 5.56 Å². The first-order valence-corrected chi connectivity index (χ1v) is 6.99. The molecule has 0 atom stereocenters. The third kappa shape index (κ3) is 2.96. The molecular formula is C14H11NO3S. The van der Waals surface area contributed by atoms with E-state index in [9.17, 15) is 13.2 Å². The van der Waals surface area contributed by atoms with Crippen LogP contribution in [0.5, 0.6) is 0 Å². The summed E-state index contributed by atoms with van der Waals surface area (Å²) in [6.07, 6.45) is 6.17. The molecule has 0 bridgehead atoms. The van der Waals surface area contributed by atoms with Crippen LogP contribution in [-0.4, -0.2) is 20.1 Å². The van der Waals surface area contributed by atoms with Crippen molar-refractivity contribution < 1.29 is 13.2 Å². The van der Waals surface area contributed by atoms with E-state index in [0.717, 1.165) is 5.56 Å². The monoisotopic (exact) mass is 273 g/mol. The second-order valence-electron chi connectivity index (χ2n) is 4.00. The van der Waals surface area contributed by atoms with E-state index < -0.39 is 10.0 Å². The lowest BCUT2D eigenvalue weighted by Gasteiger charge is -2.04. The Balaban J connectivity index is 2.47. The van der Waals surface area contributed by atoms with Gasteiger partial charge in [-0.2, -0.15) is 12.8 Å². The largest absolute Gasteiger partial charge is 0.282 e. The molecule has 0 aliphatic heterocycles. The number of allylic oxidation sites excluding steroid dienone is 5. The maximum Gasteiger partial charge on any atom is 0.282 e. The van der Waals surface area contributed by atoms with Crippen LogP contribution in [0.25, 0.3) is 0 Å². The lowest BCUT2D eigenvalue weighted by atomic mass is 10.1. The Labute approximate surface area is 111 Å². The van der Waals surface area contributed by atoms with Crippen LogP contribution in [0.2, 0.25) is 0 Å². The van der Waals surface area contributed by atoms with Crippen molar-refractivity contribution in [2.75, 3.05) is 0 Å². The molecule has 0 spiro atoms. The van der Waals surface area contributed by atoms with Gasteiger partial charge in [-0.15, -0.1) is 0 Å². The zero-order valence-corrected chi connectivity index (χ0v) is 11.0. The van der Waals surface area contributed by atoms with Gasteiger partial charge in [0.15, 0.2) is 0 Å². The van der Waals surface area contributed by atoms with Crippen LogP contribution in [0.15, 0.2) is 63.4 Å². The number of rotatable bonds is 2. The molecule has 0 radical (unpaired) electrons. The summed E-state index contributed by atoms with van der Waals surface area (Å²) in [4.78, 5) is 10.8. The van der Waals surface area contributed by atoms with Gasteiger partial charge in [0, 0.05) is 0 Å². The highest BCUT2D eigenvalue weighted by Crippen LogP contribution is 2.16. The minimum absolute atomic E-state index is 0.0954.